The molecule has 5 aromatic rings. The quantitative estimate of drug-likeness (QED) is 0.0492. The number of halogens is 4. The first kappa shape index (κ1) is 45.0. The van der Waals surface area contributed by atoms with Crippen LogP contribution in [0.2, 0.25) is 16.6 Å². The van der Waals surface area contributed by atoms with Crippen LogP contribution in [0.3, 0.4) is 0 Å². The predicted molar refractivity (Wildman–Crippen MR) is 258 cm³/mol. The average molecular weight is 901 g/mol. The molecule has 65 heavy (non-hydrogen) atoms. The zero-order valence-corrected chi connectivity index (χ0v) is 39.8. The van der Waals surface area contributed by atoms with Crippen molar-refractivity contribution in [1.82, 2.24) is 19.8 Å². The van der Waals surface area contributed by atoms with Crippen molar-refractivity contribution in [2.45, 2.75) is 114 Å². The third kappa shape index (κ3) is 7.52. The number of piperazine rings is 1. The monoisotopic (exact) mass is 900 g/mol. The summed E-state index contributed by atoms with van der Waals surface area (Å²) in [7, 11) is -2.35. The molecule has 9 rings (SSSR count). The Kier molecular flexibility index (Phi) is 11.7. The zero-order chi connectivity index (χ0) is 46.2. The van der Waals surface area contributed by atoms with Crippen LogP contribution in [0.25, 0.3) is 32.8 Å². The number of ether oxygens (including phenoxy) is 1. The molecular formula is C53H60F4N6OSi. The van der Waals surface area contributed by atoms with Gasteiger partial charge in [0.2, 0.25) is 0 Å². The number of fused-ring (bicyclic) bond motifs is 5. The smallest absolute Gasteiger partial charge is 0.319 e. The third-order valence-electron chi connectivity index (χ3n) is 15.3. The largest absolute Gasteiger partial charge is 0.461 e. The van der Waals surface area contributed by atoms with Crippen molar-refractivity contribution in [2.75, 3.05) is 43.4 Å². The van der Waals surface area contributed by atoms with Crippen LogP contribution in [0.15, 0.2) is 84.7 Å². The van der Waals surface area contributed by atoms with E-state index in [-0.39, 0.29) is 85.5 Å². The van der Waals surface area contributed by atoms with E-state index in [4.69, 9.17) is 20.4 Å². The molecule has 4 aliphatic heterocycles. The lowest BCUT2D eigenvalue weighted by molar-refractivity contribution is 0.0590. The van der Waals surface area contributed by atoms with E-state index in [0.29, 0.717) is 49.2 Å². The molecule has 4 aromatic carbocycles. The lowest BCUT2D eigenvalue weighted by Gasteiger charge is -2.50. The topological polar surface area (TPSA) is 70.8 Å². The minimum absolute atomic E-state index is 0.0281. The van der Waals surface area contributed by atoms with Gasteiger partial charge in [0.05, 0.1) is 23.0 Å². The van der Waals surface area contributed by atoms with Gasteiger partial charge in [0.1, 0.15) is 37.6 Å². The van der Waals surface area contributed by atoms with E-state index in [0.717, 1.165) is 19.4 Å². The second-order valence-electron chi connectivity index (χ2n) is 20.2. The normalized spacial score (nSPS) is 22.0. The van der Waals surface area contributed by atoms with Gasteiger partial charge in [0.25, 0.3) is 0 Å². The van der Waals surface area contributed by atoms with E-state index in [9.17, 15) is 4.39 Å². The Morgan fingerprint density at radius 3 is 2.28 bits per heavy atom. The van der Waals surface area contributed by atoms with E-state index in [1.54, 1.807) is 12.1 Å². The maximum Gasteiger partial charge on any atom is 0.319 e. The van der Waals surface area contributed by atoms with E-state index >= 15 is 13.2 Å². The fourth-order valence-corrected chi connectivity index (χ4v) is 17.5. The van der Waals surface area contributed by atoms with Crippen molar-refractivity contribution in [1.29, 1.82) is 0 Å². The molecule has 340 valence electrons. The standard InChI is InChI=1S/C53H60F4N6OSi/c1-32(2)65(33(3)4,34(5)6)22-19-41-44(55)18-15-36-23-38(58)24-42(46(36)41)47-45(56)25-43-49(48(47)57)59-51(64-31-53-20-12-21-62(53)28-35(26-53)27-54)60-50(43)61-29-39-16-17-40(30-61)63(39)52(7,8)37-13-10-9-11-14-37/h9-11,13-18,23-25,27,32-34,39-40H,12,20-21,26,28-31,58H2,1-8H3/b35-27+/t39?,40?,53-/m1/s1. The van der Waals surface area contributed by atoms with Crippen LogP contribution in [-0.4, -0.2) is 78.3 Å². The molecule has 2 bridgehead atoms. The maximum absolute atomic E-state index is 17.9. The van der Waals surface area contributed by atoms with Gasteiger partial charge in [-0.15, -0.1) is 5.54 Å². The van der Waals surface area contributed by atoms with Gasteiger partial charge in [-0.25, -0.2) is 17.6 Å². The highest BCUT2D eigenvalue weighted by Crippen LogP contribution is 2.46. The van der Waals surface area contributed by atoms with Crippen LogP contribution in [0.1, 0.15) is 85.8 Å². The SMILES string of the molecule is CC(C)[Si](C#Cc1c(F)ccc2cc(N)cc(-c3c(F)cc4c(N5CC6C=CC(C5)N6C(C)(C)c5ccccc5)nc(OC[C@]56CCCN5C/C(=C/F)C6)nc4c3F)c12)(C(C)C)C(C)C. The Hall–Kier alpha value is -5.22. The Morgan fingerprint density at radius 2 is 1.62 bits per heavy atom. The number of nitrogens with two attached hydrogens (primary N) is 1. The zero-order valence-electron chi connectivity index (χ0n) is 38.8. The van der Waals surface area contributed by atoms with E-state index < -0.39 is 31.1 Å². The van der Waals surface area contributed by atoms with Crippen LogP contribution in [0.5, 0.6) is 6.01 Å². The summed E-state index contributed by atoms with van der Waals surface area (Å²) in [6, 6.07) is 17.7. The second-order valence-corrected chi connectivity index (χ2v) is 25.8. The Morgan fingerprint density at radius 1 is 0.923 bits per heavy atom. The lowest BCUT2D eigenvalue weighted by atomic mass is 9.89. The molecular weight excluding hydrogens is 841 g/mol. The van der Waals surface area contributed by atoms with Crippen molar-refractivity contribution in [3.8, 4) is 28.6 Å². The molecule has 12 heteroatoms. The van der Waals surface area contributed by atoms with Gasteiger partial charge >= 0.3 is 6.01 Å². The van der Waals surface area contributed by atoms with Gasteiger partial charge in [0, 0.05) is 53.7 Å². The number of nitrogens with zero attached hydrogens (tertiary/aromatic N) is 5. The summed E-state index contributed by atoms with van der Waals surface area (Å²) in [6.45, 7) is 20.1. The molecule has 3 fully saturated rings. The molecule has 5 heterocycles. The number of anilines is 2. The van der Waals surface area contributed by atoms with Gasteiger partial charge in [-0.1, -0.05) is 96.0 Å². The summed E-state index contributed by atoms with van der Waals surface area (Å²) in [6.07, 6.45) is 7.38. The molecule has 7 nitrogen and oxygen atoms in total. The minimum atomic E-state index is -2.35. The molecule has 3 saturated heterocycles. The first-order valence-electron chi connectivity index (χ1n) is 23.2. The molecule has 3 atom stereocenters. The summed E-state index contributed by atoms with van der Waals surface area (Å²) >= 11 is 0. The summed E-state index contributed by atoms with van der Waals surface area (Å²) in [4.78, 5) is 16.5. The fourth-order valence-electron chi connectivity index (χ4n) is 12.3. The van der Waals surface area contributed by atoms with Gasteiger partial charge in [-0.2, -0.15) is 9.97 Å². The molecule has 4 aliphatic rings. The molecule has 1 aromatic heterocycles. The minimum Gasteiger partial charge on any atom is -0.461 e. The van der Waals surface area contributed by atoms with Crippen LogP contribution in [0.4, 0.5) is 29.1 Å². The maximum atomic E-state index is 17.9. The Bertz CT molecular complexity index is 2760. The predicted octanol–water partition coefficient (Wildman–Crippen LogP) is 11.9. The Balaban J connectivity index is 1.20. The molecule has 2 unspecified atom stereocenters. The number of hydrogen-bond donors (Lipinski definition) is 1. The third-order valence-corrected chi connectivity index (χ3v) is 21.6. The van der Waals surface area contributed by atoms with Crippen LogP contribution >= 0.6 is 0 Å². The number of nitrogen functional groups attached to an aromatic ring is 1. The molecule has 0 radical (unpaired) electrons. The highest BCUT2D eigenvalue weighted by atomic mass is 28.3. The second kappa shape index (κ2) is 16.9. The van der Waals surface area contributed by atoms with Crippen LogP contribution < -0.4 is 15.4 Å². The van der Waals surface area contributed by atoms with Crippen molar-refractivity contribution >= 4 is 41.3 Å². The summed E-state index contributed by atoms with van der Waals surface area (Å²) in [5, 5.41) is 0.990. The van der Waals surface area contributed by atoms with Crippen molar-refractivity contribution < 1.29 is 22.3 Å². The fraction of sp³-hybridized carbons (Fsp3) is 0.434. The molecule has 0 aliphatic carbocycles. The number of rotatable bonds is 10. The van der Waals surface area contributed by atoms with Gasteiger partial charge in [-0.05, 0) is 103 Å². The van der Waals surface area contributed by atoms with E-state index in [2.05, 4.69) is 118 Å². The van der Waals surface area contributed by atoms with E-state index in [1.807, 2.05) is 6.07 Å². The summed E-state index contributed by atoms with van der Waals surface area (Å²) in [5.74, 6) is 1.25. The van der Waals surface area contributed by atoms with Crippen LogP contribution in [-0.2, 0) is 5.54 Å². The number of benzene rings is 4. The van der Waals surface area contributed by atoms with Gasteiger partial charge in [-0.3, -0.25) is 9.80 Å². The highest BCUT2D eigenvalue weighted by Gasteiger charge is 2.48. The van der Waals surface area contributed by atoms with Gasteiger partial charge in [0.15, 0.2) is 5.82 Å². The summed E-state index contributed by atoms with van der Waals surface area (Å²) < 4.78 is 71.8. The van der Waals surface area contributed by atoms with Crippen LogP contribution in [0, 0.1) is 28.9 Å². The molecule has 2 N–H and O–H groups in total. The lowest BCUT2D eigenvalue weighted by Crippen LogP contribution is -2.60. The number of aromatic nitrogens is 2. The first-order valence-corrected chi connectivity index (χ1v) is 25.4. The van der Waals surface area contributed by atoms with E-state index in [1.165, 1.54) is 23.8 Å². The molecule has 0 saturated carbocycles. The first-order chi connectivity index (χ1) is 31.0. The molecule has 0 amide bonds. The van der Waals surface area contributed by atoms with Crippen molar-refractivity contribution in [3.05, 3.63) is 113 Å². The summed E-state index contributed by atoms with van der Waals surface area (Å²) in [5.41, 5.74) is 12.0. The van der Waals surface area contributed by atoms with Crippen molar-refractivity contribution in [2.24, 2.45) is 0 Å². The Labute approximate surface area is 381 Å². The number of hydrogen-bond acceptors (Lipinski definition) is 7. The van der Waals surface area contributed by atoms with Gasteiger partial charge < -0.3 is 15.4 Å². The van der Waals surface area contributed by atoms with Crippen molar-refractivity contribution in [3.63, 3.8) is 0 Å². The molecule has 0 spiro atoms. The highest BCUT2D eigenvalue weighted by molar-refractivity contribution is 6.90. The average Bonchev–Trinajstić information content (AvgIpc) is 3.91.